The number of hydrogen-bond acceptors (Lipinski definition) is 3. The predicted octanol–water partition coefficient (Wildman–Crippen LogP) is 4.89. The molecule has 0 bridgehead atoms. The first-order chi connectivity index (χ1) is 15.6. The summed E-state index contributed by atoms with van der Waals surface area (Å²) >= 11 is 3.78. The molecule has 0 unspecified atom stereocenters. The molecule has 2 aromatic carbocycles. The van der Waals surface area contributed by atoms with Crippen molar-refractivity contribution in [3.8, 4) is 0 Å². The molecular formula is C27H37N4S2V2+. The largest absolute Gasteiger partial charge is 0.388 e. The minimum absolute atomic E-state index is 0. The van der Waals surface area contributed by atoms with Gasteiger partial charge >= 0.3 is 0 Å². The molecule has 0 saturated carbocycles. The Morgan fingerprint density at radius 1 is 0.914 bits per heavy atom. The monoisotopic (exact) mass is 583 g/mol. The fourth-order valence-electron chi connectivity index (χ4n) is 4.17. The first kappa shape index (κ1) is 30.5. The summed E-state index contributed by atoms with van der Waals surface area (Å²) in [6, 6.07) is 19.3. The number of anilines is 1. The van der Waals surface area contributed by atoms with Crippen molar-refractivity contribution in [3.63, 3.8) is 0 Å². The topological polar surface area (TPSA) is 7.12 Å². The van der Waals surface area contributed by atoms with Crippen molar-refractivity contribution in [2.45, 2.75) is 24.3 Å². The van der Waals surface area contributed by atoms with Gasteiger partial charge in [-0.15, -0.1) is 12.1 Å². The molecule has 0 fully saturated rings. The van der Waals surface area contributed by atoms with E-state index >= 15 is 0 Å². The van der Waals surface area contributed by atoms with Crippen molar-refractivity contribution in [1.82, 2.24) is 0 Å². The van der Waals surface area contributed by atoms with Gasteiger partial charge in [-0.1, -0.05) is 33.7 Å². The smallest absolute Gasteiger partial charge is 0.252 e. The second kappa shape index (κ2) is 12.7. The molecular weight excluding hydrogens is 546 g/mol. The summed E-state index contributed by atoms with van der Waals surface area (Å²) in [5.74, 6) is 0. The van der Waals surface area contributed by atoms with E-state index < -0.39 is 0 Å². The number of quaternary nitrogens is 2. The van der Waals surface area contributed by atoms with E-state index in [1.165, 1.54) is 30.8 Å². The number of nitrogens with zero attached hydrogens (tertiary/aromatic N) is 4. The van der Waals surface area contributed by atoms with E-state index in [0.29, 0.717) is 0 Å². The maximum Gasteiger partial charge on any atom is 0.252 e. The van der Waals surface area contributed by atoms with Crippen LogP contribution in [0.1, 0.15) is 17.8 Å². The molecule has 1 aliphatic heterocycles. The molecule has 0 amide bonds. The van der Waals surface area contributed by atoms with Gasteiger partial charge < -0.3 is 13.9 Å². The van der Waals surface area contributed by atoms with Crippen LogP contribution in [0.15, 0.2) is 46.3 Å². The molecule has 0 aliphatic carbocycles. The Kier molecular flexibility index (Phi) is 11.1. The van der Waals surface area contributed by atoms with Crippen LogP contribution in [0.5, 0.6) is 0 Å². The predicted molar refractivity (Wildman–Crippen MR) is 142 cm³/mol. The first-order valence-corrected chi connectivity index (χ1v) is 13.3. The number of aryl methyl sites for hydroxylation is 1. The molecule has 0 N–H and O–H groups in total. The van der Waals surface area contributed by atoms with Gasteiger partial charge in [-0.05, 0) is 4.70 Å². The van der Waals surface area contributed by atoms with Gasteiger partial charge in [-0.3, -0.25) is 0 Å². The number of aromatic nitrogens is 1. The van der Waals surface area contributed by atoms with Crippen LogP contribution in [0, 0.1) is 12.1 Å². The summed E-state index contributed by atoms with van der Waals surface area (Å²) in [6.45, 7) is 4.37. The molecule has 35 heavy (non-hydrogen) atoms. The Morgan fingerprint density at radius 2 is 1.57 bits per heavy atom. The minimum Gasteiger partial charge on any atom is -0.388 e. The van der Waals surface area contributed by atoms with Gasteiger partial charge in [0.15, 0.2) is 0 Å². The van der Waals surface area contributed by atoms with E-state index in [1.807, 2.05) is 35.2 Å². The maximum atomic E-state index is 3.29. The van der Waals surface area contributed by atoms with Gasteiger partial charge in [0.1, 0.15) is 12.1 Å². The number of thiazole rings is 1. The van der Waals surface area contributed by atoms with Crippen molar-refractivity contribution >= 4 is 45.1 Å². The second-order valence-electron chi connectivity index (χ2n) is 10.9. The van der Waals surface area contributed by atoms with E-state index in [1.54, 1.807) is 0 Å². The molecule has 4 rings (SSSR count). The van der Waals surface area contributed by atoms with E-state index in [2.05, 4.69) is 94.2 Å². The molecule has 0 saturated heterocycles. The third kappa shape index (κ3) is 8.15. The maximum absolute atomic E-state index is 3.29. The van der Waals surface area contributed by atoms with Crippen LogP contribution >= 0.6 is 23.1 Å². The number of fused-ring (bicyclic) bond motifs is 2. The summed E-state index contributed by atoms with van der Waals surface area (Å²) in [5, 5.41) is 2.64. The van der Waals surface area contributed by atoms with Crippen molar-refractivity contribution < 1.29 is 50.6 Å². The number of thioether (sulfide) groups is 1. The van der Waals surface area contributed by atoms with Crippen LogP contribution < -0.4 is 9.47 Å². The van der Waals surface area contributed by atoms with Crippen molar-refractivity contribution in [2.75, 3.05) is 66.8 Å². The number of benzene rings is 2. The van der Waals surface area contributed by atoms with Crippen LogP contribution in [-0.2, 0) is 43.7 Å². The Bertz CT molecular complexity index is 1150. The standard InChI is InChI=1S/C27H37N4S2.2V/c1-30(2,3)19-11-17-28-22-13-7-9-15-24(22)32-26(28)21-27-29(18-12-20-31(4,5)6)23-14-8-10-16-25(23)33-27;;/h9-10,13-16,21H,11-12,17-20H2,1-6H3;;/q+1;;. The number of hydrogen-bond donors (Lipinski definition) is 0. The minimum atomic E-state index is 0. The van der Waals surface area contributed by atoms with Gasteiger partial charge in [0.25, 0.3) is 5.01 Å². The van der Waals surface area contributed by atoms with Crippen molar-refractivity contribution in [3.05, 3.63) is 58.6 Å². The quantitative estimate of drug-likeness (QED) is 0.201. The third-order valence-corrected chi connectivity index (χ3v) is 8.04. The second-order valence-corrected chi connectivity index (χ2v) is 13.0. The van der Waals surface area contributed by atoms with Gasteiger partial charge in [0.2, 0.25) is 0 Å². The van der Waals surface area contributed by atoms with E-state index in [4.69, 9.17) is 0 Å². The molecule has 2 radical (unpaired) electrons. The molecule has 0 atom stereocenters. The van der Waals surface area contributed by atoms with Crippen molar-refractivity contribution in [2.24, 2.45) is 0 Å². The fraction of sp³-hybridized carbons (Fsp3) is 0.444. The summed E-state index contributed by atoms with van der Waals surface area (Å²) in [6.07, 6.45) is 4.72. The van der Waals surface area contributed by atoms with Crippen LogP contribution in [-0.4, -0.2) is 70.9 Å². The fourth-order valence-corrected chi connectivity index (χ4v) is 6.46. The molecule has 2 heterocycles. The zero-order valence-corrected chi connectivity index (χ0v) is 26.2. The Balaban J connectivity index is 0.00000216. The summed E-state index contributed by atoms with van der Waals surface area (Å²) in [4.78, 5) is 3.83. The van der Waals surface area contributed by atoms with Crippen LogP contribution in [0.3, 0.4) is 0 Å². The van der Waals surface area contributed by atoms with Crippen LogP contribution in [0.4, 0.5) is 5.69 Å². The van der Waals surface area contributed by atoms with Gasteiger partial charge in [0.05, 0.1) is 66.8 Å². The molecule has 1 aromatic heterocycles. The van der Waals surface area contributed by atoms with Crippen LogP contribution in [0.2, 0.25) is 0 Å². The zero-order valence-electron chi connectivity index (χ0n) is 21.8. The molecule has 8 heteroatoms. The normalized spacial score (nSPS) is 14.7. The molecule has 3 aromatic rings. The average molecular weight is 584 g/mol. The summed E-state index contributed by atoms with van der Waals surface area (Å²) in [5.41, 5.74) is 2.59. The first-order valence-electron chi connectivity index (χ1n) is 11.7. The Hall–Kier alpha value is -0.691. The molecule has 4 nitrogen and oxygen atoms in total. The SMILES string of the molecule is C[N+](C)(C)CCCN1C(=Cc2sc3cc[c-]cc3[n+]2CCC[N+](C)(C)C)Sc2cc[c-]cc21.[V].[V]. The van der Waals surface area contributed by atoms with E-state index in [9.17, 15) is 0 Å². The van der Waals surface area contributed by atoms with Gasteiger partial charge in [0, 0.05) is 56.2 Å². The van der Waals surface area contributed by atoms with Crippen molar-refractivity contribution in [1.29, 1.82) is 0 Å². The molecule has 186 valence electrons. The Morgan fingerprint density at radius 3 is 2.29 bits per heavy atom. The molecule has 0 spiro atoms. The number of rotatable bonds is 9. The van der Waals surface area contributed by atoms with Gasteiger partial charge in [-0.25, -0.2) is 4.57 Å². The van der Waals surface area contributed by atoms with Crippen LogP contribution in [0.25, 0.3) is 16.3 Å². The summed E-state index contributed by atoms with van der Waals surface area (Å²) in [7, 11) is 13.6. The van der Waals surface area contributed by atoms with E-state index in [0.717, 1.165) is 48.0 Å². The molecule has 1 aliphatic rings. The zero-order chi connectivity index (χ0) is 23.6. The average Bonchev–Trinajstić information content (AvgIpc) is 3.25. The third-order valence-electron chi connectivity index (χ3n) is 5.82. The Labute approximate surface area is 243 Å². The van der Waals surface area contributed by atoms with E-state index in [-0.39, 0.29) is 37.1 Å². The van der Waals surface area contributed by atoms with Gasteiger partial charge in [-0.2, -0.15) is 36.4 Å². The summed E-state index contributed by atoms with van der Waals surface area (Å²) < 4.78 is 5.81.